The lowest BCUT2D eigenvalue weighted by atomic mass is 9.90. The molecule has 1 N–H and O–H groups in total. The van der Waals surface area contributed by atoms with E-state index < -0.39 is 0 Å². The fourth-order valence-corrected chi connectivity index (χ4v) is 2.62. The second-order valence-electron chi connectivity index (χ2n) is 5.37. The molecule has 19 heavy (non-hydrogen) atoms. The van der Waals surface area contributed by atoms with Crippen LogP contribution in [-0.2, 0) is 0 Å². The third kappa shape index (κ3) is 4.06. The first-order valence-corrected chi connectivity index (χ1v) is 7.18. The van der Waals surface area contributed by atoms with Crippen LogP contribution in [-0.4, -0.2) is 25.0 Å². The van der Waals surface area contributed by atoms with Crippen LogP contribution in [0.5, 0.6) is 5.75 Å². The first-order valence-electron chi connectivity index (χ1n) is 7.18. The summed E-state index contributed by atoms with van der Waals surface area (Å²) in [6.45, 7) is 5.89. The van der Waals surface area contributed by atoms with Gasteiger partial charge in [0.2, 0.25) is 0 Å². The molecule has 2 atom stereocenters. The van der Waals surface area contributed by atoms with Crippen LogP contribution in [0.4, 0.5) is 0 Å². The average Bonchev–Trinajstić information content (AvgIpc) is 2.40. The third-order valence-electron chi connectivity index (χ3n) is 3.68. The van der Waals surface area contributed by atoms with Crippen LogP contribution in [0, 0.1) is 5.92 Å². The number of ether oxygens (including phenoxy) is 1. The maximum absolute atomic E-state index is 12.2. The van der Waals surface area contributed by atoms with Gasteiger partial charge < -0.3 is 10.1 Å². The summed E-state index contributed by atoms with van der Waals surface area (Å²) >= 11 is 0. The van der Waals surface area contributed by atoms with E-state index in [-0.39, 0.29) is 5.78 Å². The molecule has 0 amide bonds. The molecule has 1 aromatic rings. The number of ketones is 1. The van der Waals surface area contributed by atoms with Gasteiger partial charge in [-0.1, -0.05) is 6.92 Å². The molecule has 0 radical (unpaired) electrons. The van der Waals surface area contributed by atoms with E-state index in [1.54, 1.807) is 0 Å². The summed E-state index contributed by atoms with van der Waals surface area (Å²) in [5, 5.41) is 3.44. The zero-order chi connectivity index (χ0) is 13.7. The van der Waals surface area contributed by atoms with Crippen molar-refractivity contribution in [2.24, 2.45) is 5.92 Å². The quantitative estimate of drug-likeness (QED) is 0.828. The summed E-state index contributed by atoms with van der Waals surface area (Å²) in [6.07, 6.45) is 2.91. The number of Topliss-reactive ketones (excluding diaryl/α,β-unsaturated/α-hetero) is 1. The Labute approximate surface area is 115 Å². The summed E-state index contributed by atoms with van der Waals surface area (Å²) in [7, 11) is 0. The molecule has 0 bridgehead atoms. The van der Waals surface area contributed by atoms with Gasteiger partial charge in [0.1, 0.15) is 5.75 Å². The molecule has 2 rings (SSSR count). The Morgan fingerprint density at radius 2 is 2.11 bits per heavy atom. The molecule has 0 aliphatic carbocycles. The predicted molar refractivity (Wildman–Crippen MR) is 76.7 cm³/mol. The van der Waals surface area contributed by atoms with E-state index in [4.69, 9.17) is 4.74 Å². The number of nitrogens with one attached hydrogen (secondary N) is 1. The lowest BCUT2D eigenvalue weighted by Gasteiger charge is -2.27. The van der Waals surface area contributed by atoms with Gasteiger partial charge in [-0.05, 0) is 56.5 Å². The molecule has 3 nitrogen and oxygen atoms in total. The second kappa shape index (κ2) is 6.71. The average molecular weight is 261 g/mol. The van der Waals surface area contributed by atoms with Crippen molar-refractivity contribution in [1.29, 1.82) is 0 Å². The van der Waals surface area contributed by atoms with Gasteiger partial charge in [0, 0.05) is 18.0 Å². The smallest absolute Gasteiger partial charge is 0.164 e. The molecule has 1 aromatic carbocycles. The number of benzene rings is 1. The topological polar surface area (TPSA) is 38.3 Å². The molecule has 3 heteroatoms. The van der Waals surface area contributed by atoms with E-state index in [0.29, 0.717) is 19.1 Å². The molecule has 1 heterocycles. The molecule has 0 saturated carbocycles. The van der Waals surface area contributed by atoms with Crippen molar-refractivity contribution in [1.82, 2.24) is 5.32 Å². The Balaban J connectivity index is 1.91. The lowest BCUT2D eigenvalue weighted by molar-refractivity contribution is 0.0959. The van der Waals surface area contributed by atoms with Gasteiger partial charge in [-0.25, -0.2) is 0 Å². The molecule has 0 aromatic heterocycles. The normalized spacial score (nSPS) is 23.1. The summed E-state index contributed by atoms with van der Waals surface area (Å²) in [6, 6.07) is 7.79. The molecule has 1 saturated heterocycles. The fraction of sp³-hybridized carbons (Fsp3) is 0.562. The summed E-state index contributed by atoms with van der Waals surface area (Å²) in [4.78, 5) is 12.2. The highest BCUT2D eigenvalue weighted by atomic mass is 16.5. The van der Waals surface area contributed by atoms with Crippen LogP contribution in [0.1, 0.15) is 43.5 Å². The van der Waals surface area contributed by atoms with Crippen LogP contribution >= 0.6 is 0 Å². The fourth-order valence-electron chi connectivity index (χ4n) is 2.62. The number of carbonyl (C=O) groups is 1. The highest BCUT2D eigenvalue weighted by Gasteiger charge is 2.21. The van der Waals surface area contributed by atoms with Crippen LogP contribution in [0.15, 0.2) is 24.3 Å². The molecular weight excluding hydrogens is 238 g/mol. The summed E-state index contributed by atoms with van der Waals surface area (Å²) in [5.41, 5.74) is 0.781. The maximum atomic E-state index is 12.2. The van der Waals surface area contributed by atoms with Crippen molar-refractivity contribution < 1.29 is 9.53 Å². The van der Waals surface area contributed by atoms with Gasteiger partial charge in [0.05, 0.1) is 6.61 Å². The summed E-state index contributed by atoms with van der Waals surface area (Å²) < 4.78 is 5.38. The first kappa shape index (κ1) is 14.1. The second-order valence-corrected chi connectivity index (χ2v) is 5.37. The van der Waals surface area contributed by atoms with Gasteiger partial charge in [-0.3, -0.25) is 4.79 Å². The van der Waals surface area contributed by atoms with E-state index in [1.165, 1.54) is 6.42 Å². The van der Waals surface area contributed by atoms with Crippen molar-refractivity contribution in [3.63, 3.8) is 0 Å². The van der Waals surface area contributed by atoms with Crippen LogP contribution < -0.4 is 10.1 Å². The SMILES string of the molecule is CCOc1ccc(C(=O)CC2CC(C)CCN2)cc1. The van der Waals surface area contributed by atoms with Crippen LogP contribution in [0.3, 0.4) is 0 Å². The van der Waals surface area contributed by atoms with Crippen molar-refractivity contribution in [2.75, 3.05) is 13.2 Å². The highest BCUT2D eigenvalue weighted by Crippen LogP contribution is 2.19. The number of hydrogen-bond donors (Lipinski definition) is 1. The van der Waals surface area contributed by atoms with Gasteiger partial charge >= 0.3 is 0 Å². The van der Waals surface area contributed by atoms with E-state index in [0.717, 1.165) is 30.2 Å². The van der Waals surface area contributed by atoms with Gasteiger partial charge in [0.15, 0.2) is 5.78 Å². The largest absolute Gasteiger partial charge is 0.494 e. The number of rotatable bonds is 5. The Morgan fingerprint density at radius 3 is 2.74 bits per heavy atom. The van der Waals surface area contributed by atoms with Crippen molar-refractivity contribution in [3.05, 3.63) is 29.8 Å². The molecule has 1 fully saturated rings. The Bertz CT molecular complexity index is 413. The molecule has 2 unspecified atom stereocenters. The predicted octanol–water partition coefficient (Wildman–Crippen LogP) is 3.05. The molecule has 1 aliphatic rings. The number of carbonyl (C=O) groups excluding carboxylic acids is 1. The monoisotopic (exact) mass is 261 g/mol. The molecule has 1 aliphatic heterocycles. The van der Waals surface area contributed by atoms with E-state index in [9.17, 15) is 4.79 Å². The van der Waals surface area contributed by atoms with Gasteiger partial charge in [-0.2, -0.15) is 0 Å². The zero-order valence-electron chi connectivity index (χ0n) is 11.8. The van der Waals surface area contributed by atoms with E-state index in [1.807, 2.05) is 31.2 Å². The van der Waals surface area contributed by atoms with Crippen LogP contribution in [0.2, 0.25) is 0 Å². The third-order valence-corrected chi connectivity index (χ3v) is 3.68. The minimum atomic E-state index is 0.217. The molecule has 0 spiro atoms. The molecular formula is C16H23NO2. The van der Waals surface area contributed by atoms with Crippen molar-refractivity contribution >= 4 is 5.78 Å². The van der Waals surface area contributed by atoms with Gasteiger partial charge in [-0.15, -0.1) is 0 Å². The summed E-state index contributed by atoms with van der Waals surface area (Å²) in [5.74, 6) is 1.76. The minimum absolute atomic E-state index is 0.217. The van der Waals surface area contributed by atoms with E-state index >= 15 is 0 Å². The Hall–Kier alpha value is -1.35. The minimum Gasteiger partial charge on any atom is -0.494 e. The van der Waals surface area contributed by atoms with Gasteiger partial charge in [0.25, 0.3) is 0 Å². The highest BCUT2D eigenvalue weighted by molar-refractivity contribution is 5.96. The zero-order valence-corrected chi connectivity index (χ0v) is 11.8. The lowest BCUT2D eigenvalue weighted by Crippen LogP contribution is -2.38. The number of hydrogen-bond acceptors (Lipinski definition) is 3. The Morgan fingerprint density at radius 1 is 1.37 bits per heavy atom. The van der Waals surface area contributed by atoms with Crippen molar-refractivity contribution in [2.45, 2.75) is 39.2 Å². The Kier molecular flexibility index (Phi) is 4.97. The number of piperidine rings is 1. The van der Waals surface area contributed by atoms with Crippen LogP contribution in [0.25, 0.3) is 0 Å². The first-order chi connectivity index (χ1) is 9.19. The van der Waals surface area contributed by atoms with E-state index in [2.05, 4.69) is 12.2 Å². The molecule has 104 valence electrons. The van der Waals surface area contributed by atoms with Crippen molar-refractivity contribution in [3.8, 4) is 5.75 Å². The standard InChI is InChI=1S/C16H23NO2/c1-3-19-15-6-4-13(5-7-15)16(18)11-14-10-12(2)8-9-17-14/h4-7,12,14,17H,3,8-11H2,1-2H3. The maximum Gasteiger partial charge on any atom is 0.164 e.